The standard InChI is InChI=1S/C10H22N2O2S/c1-5-9(2)11-6-7-12(10(3)8-11)15(4,13)14/h9-10H,5-8H2,1-4H3. The maximum absolute atomic E-state index is 11.5. The van der Waals surface area contributed by atoms with Gasteiger partial charge in [0.25, 0.3) is 0 Å². The molecule has 0 radical (unpaired) electrons. The van der Waals surface area contributed by atoms with E-state index in [0.29, 0.717) is 12.6 Å². The molecule has 1 heterocycles. The zero-order valence-corrected chi connectivity index (χ0v) is 10.9. The minimum atomic E-state index is -3.02. The van der Waals surface area contributed by atoms with Crippen molar-refractivity contribution in [3.63, 3.8) is 0 Å². The minimum Gasteiger partial charge on any atom is -0.298 e. The minimum absolute atomic E-state index is 0.0998. The summed E-state index contributed by atoms with van der Waals surface area (Å²) in [7, 11) is -3.02. The third-order valence-electron chi connectivity index (χ3n) is 3.24. The molecule has 90 valence electrons. The lowest BCUT2D eigenvalue weighted by Gasteiger charge is -2.40. The number of nitrogens with zero attached hydrogens (tertiary/aromatic N) is 2. The van der Waals surface area contributed by atoms with E-state index in [1.165, 1.54) is 6.26 Å². The molecule has 0 saturated carbocycles. The van der Waals surface area contributed by atoms with Gasteiger partial charge in [-0.05, 0) is 20.3 Å². The molecule has 5 heteroatoms. The molecule has 1 aliphatic rings. The molecule has 2 unspecified atom stereocenters. The highest BCUT2D eigenvalue weighted by Crippen LogP contribution is 2.16. The Bertz CT molecular complexity index is 303. The number of piperazine rings is 1. The van der Waals surface area contributed by atoms with E-state index < -0.39 is 10.0 Å². The van der Waals surface area contributed by atoms with Gasteiger partial charge in [0, 0.05) is 31.7 Å². The van der Waals surface area contributed by atoms with Crippen LogP contribution in [0.4, 0.5) is 0 Å². The number of hydrogen-bond acceptors (Lipinski definition) is 3. The fourth-order valence-electron chi connectivity index (χ4n) is 2.12. The largest absolute Gasteiger partial charge is 0.298 e. The fraction of sp³-hybridized carbons (Fsp3) is 1.00. The predicted octanol–water partition coefficient (Wildman–Crippen LogP) is 0.751. The van der Waals surface area contributed by atoms with Crippen LogP contribution in [0.25, 0.3) is 0 Å². The lowest BCUT2D eigenvalue weighted by molar-refractivity contribution is 0.108. The van der Waals surface area contributed by atoms with Crippen molar-refractivity contribution in [1.82, 2.24) is 9.21 Å². The molecule has 0 aromatic heterocycles. The van der Waals surface area contributed by atoms with E-state index in [1.54, 1.807) is 4.31 Å². The van der Waals surface area contributed by atoms with E-state index in [2.05, 4.69) is 18.7 Å². The van der Waals surface area contributed by atoms with Gasteiger partial charge >= 0.3 is 0 Å². The van der Waals surface area contributed by atoms with Gasteiger partial charge in [-0.3, -0.25) is 4.90 Å². The Morgan fingerprint density at radius 1 is 1.40 bits per heavy atom. The van der Waals surface area contributed by atoms with Crippen LogP contribution in [0.1, 0.15) is 27.2 Å². The Morgan fingerprint density at radius 2 is 2.00 bits per heavy atom. The zero-order chi connectivity index (χ0) is 11.6. The highest BCUT2D eigenvalue weighted by atomic mass is 32.2. The summed E-state index contributed by atoms with van der Waals surface area (Å²) in [5.74, 6) is 0. The van der Waals surface area contributed by atoms with Crippen molar-refractivity contribution in [3.8, 4) is 0 Å². The SMILES string of the molecule is CCC(C)N1CCN(S(C)(=O)=O)C(C)C1. The lowest BCUT2D eigenvalue weighted by atomic mass is 10.1. The Hall–Kier alpha value is -0.130. The quantitative estimate of drug-likeness (QED) is 0.723. The number of rotatable bonds is 3. The first-order valence-corrected chi connectivity index (χ1v) is 7.42. The molecule has 0 aromatic rings. The topological polar surface area (TPSA) is 40.6 Å². The van der Waals surface area contributed by atoms with E-state index in [1.807, 2.05) is 6.92 Å². The first kappa shape index (κ1) is 12.9. The van der Waals surface area contributed by atoms with Crippen molar-refractivity contribution >= 4 is 10.0 Å². The molecule has 1 saturated heterocycles. The van der Waals surface area contributed by atoms with Crippen LogP contribution in [-0.4, -0.2) is 55.6 Å². The van der Waals surface area contributed by atoms with Gasteiger partial charge < -0.3 is 0 Å². The van der Waals surface area contributed by atoms with Gasteiger partial charge in [-0.2, -0.15) is 4.31 Å². The van der Waals surface area contributed by atoms with Gasteiger partial charge in [0.1, 0.15) is 0 Å². The molecular formula is C10H22N2O2S. The van der Waals surface area contributed by atoms with Crippen molar-refractivity contribution in [2.45, 2.75) is 39.3 Å². The van der Waals surface area contributed by atoms with E-state index in [4.69, 9.17) is 0 Å². The van der Waals surface area contributed by atoms with Crippen LogP contribution < -0.4 is 0 Å². The van der Waals surface area contributed by atoms with Gasteiger partial charge in [-0.1, -0.05) is 6.92 Å². The first-order valence-electron chi connectivity index (χ1n) is 5.57. The summed E-state index contributed by atoms with van der Waals surface area (Å²) in [6.45, 7) is 8.68. The summed E-state index contributed by atoms with van der Waals surface area (Å²) in [6.07, 6.45) is 2.41. The van der Waals surface area contributed by atoms with Crippen LogP contribution in [0.5, 0.6) is 0 Å². The molecule has 0 N–H and O–H groups in total. The summed E-state index contributed by atoms with van der Waals surface area (Å²) >= 11 is 0. The Labute approximate surface area is 93.3 Å². The summed E-state index contributed by atoms with van der Waals surface area (Å²) in [5.41, 5.74) is 0. The Balaban J connectivity index is 2.63. The van der Waals surface area contributed by atoms with Crippen LogP contribution in [0, 0.1) is 0 Å². The maximum atomic E-state index is 11.5. The molecule has 0 aromatic carbocycles. The number of sulfonamides is 1. The molecule has 2 atom stereocenters. The average Bonchev–Trinajstić information content (AvgIpc) is 2.14. The zero-order valence-electron chi connectivity index (χ0n) is 10.1. The molecule has 15 heavy (non-hydrogen) atoms. The second-order valence-corrected chi connectivity index (χ2v) is 6.41. The number of hydrogen-bond donors (Lipinski definition) is 0. The van der Waals surface area contributed by atoms with Crippen LogP contribution in [0.15, 0.2) is 0 Å². The summed E-state index contributed by atoms with van der Waals surface area (Å²) in [5, 5.41) is 0. The average molecular weight is 234 g/mol. The van der Waals surface area contributed by atoms with Crippen molar-refractivity contribution in [2.75, 3.05) is 25.9 Å². The monoisotopic (exact) mass is 234 g/mol. The van der Waals surface area contributed by atoms with E-state index in [0.717, 1.165) is 19.5 Å². The molecule has 4 nitrogen and oxygen atoms in total. The van der Waals surface area contributed by atoms with E-state index in [-0.39, 0.29) is 6.04 Å². The van der Waals surface area contributed by atoms with Gasteiger partial charge in [0.05, 0.1) is 6.26 Å². The second kappa shape index (κ2) is 4.80. The van der Waals surface area contributed by atoms with Crippen LogP contribution >= 0.6 is 0 Å². The van der Waals surface area contributed by atoms with Crippen LogP contribution in [0.2, 0.25) is 0 Å². The molecule has 0 spiro atoms. The molecule has 0 aliphatic carbocycles. The second-order valence-electron chi connectivity index (χ2n) is 4.47. The van der Waals surface area contributed by atoms with E-state index in [9.17, 15) is 8.42 Å². The molecular weight excluding hydrogens is 212 g/mol. The van der Waals surface area contributed by atoms with Gasteiger partial charge in [-0.15, -0.1) is 0 Å². The first-order chi connectivity index (χ1) is 6.86. The van der Waals surface area contributed by atoms with Crippen LogP contribution in [0.3, 0.4) is 0 Å². The van der Waals surface area contributed by atoms with Crippen molar-refractivity contribution < 1.29 is 8.42 Å². The summed E-state index contributed by atoms with van der Waals surface area (Å²) in [6, 6.07) is 0.650. The third kappa shape index (κ3) is 3.16. The van der Waals surface area contributed by atoms with Gasteiger partial charge in [-0.25, -0.2) is 8.42 Å². The molecule has 1 aliphatic heterocycles. The van der Waals surface area contributed by atoms with Gasteiger partial charge in [0.15, 0.2) is 0 Å². The third-order valence-corrected chi connectivity index (χ3v) is 4.63. The summed E-state index contributed by atoms with van der Waals surface area (Å²) < 4.78 is 24.5. The van der Waals surface area contributed by atoms with Crippen molar-refractivity contribution in [2.24, 2.45) is 0 Å². The molecule has 1 rings (SSSR count). The van der Waals surface area contributed by atoms with Crippen LogP contribution in [-0.2, 0) is 10.0 Å². The smallest absolute Gasteiger partial charge is 0.211 e. The molecule has 0 amide bonds. The van der Waals surface area contributed by atoms with Crippen molar-refractivity contribution in [3.05, 3.63) is 0 Å². The fourth-order valence-corrected chi connectivity index (χ4v) is 3.25. The lowest BCUT2D eigenvalue weighted by Crippen LogP contribution is -2.55. The van der Waals surface area contributed by atoms with Crippen molar-refractivity contribution in [1.29, 1.82) is 0 Å². The highest BCUT2D eigenvalue weighted by Gasteiger charge is 2.30. The Morgan fingerprint density at radius 3 is 2.40 bits per heavy atom. The Kier molecular flexibility index (Phi) is 4.14. The molecule has 0 bridgehead atoms. The normalized spacial score (nSPS) is 27.9. The van der Waals surface area contributed by atoms with E-state index >= 15 is 0 Å². The highest BCUT2D eigenvalue weighted by molar-refractivity contribution is 7.88. The van der Waals surface area contributed by atoms with Gasteiger partial charge in [0.2, 0.25) is 10.0 Å². The maximum Gasteiger partial charge on any atom is 0.211 e. The molecule has 1 fully saturated rings. The predicted molar refractivity (Wildman–Crippen MR) is 62.3 cm³/mol. The summed E-state index contributed by atoms with van der Waals surface area (Å²) in [4.78, 5) is 2.37.